The Labute approximate surface area is 227 Å². The van der Waals surface area contributed by atoms with Crippen LogP contribution in [0.2, 0.25) is 0 Å². The monoisotopic (exact) mass is 535 g/mol. The zero-order valence-corrected chi connectivity index (χ0v) is 22.4. The molecule has 5 atom stereocenters. The molecule has 208 valence electrons. The van der Waals surface area contributed by atoms with E-state index in [9.17, 15) is 24.3 Å². The Morgan fingerprint density at radius 1 is 0.872 bits per heavy atom. The molecule has 10 heteroatoms. The predicted molar refractivity (Wildman–Crippen MR) is 149 cm³/mol. The van der Waals surface area contributed by atoms with Crippen molar-refractivity contribution in [2.24, 2.45) is 11.7 Å². The average Bonchev–Trinajstić information content (AvgIpc) is 3.33. The lowest BCUT2D eigenvalue weighted by Crippen LogP contribution is -2.58. The molecule has 7 N–H and O–H groups in total. The number of carbonyl (C=O) groups excluding carboxylic acids is 3. The lowest BCUT2D eigenvalue weighted by molar-refractivity contribution is -0.142. The van der Waals surface area contributed by atoms with Gasteiger partial charge < -0.3 is 31.8 Å². The molecule has 0 saturated heterocycles. The summed E-state index contributed by atoms with van der Waals surface area (Å²) >= 11 is 0. The van der Waals surface area contributed by atoms with E-state index >= 15 is 0 Å². The van der Waals surface area contributed by atoms with Gasteiger partial charge in [-0.25, -0.2) is 4.79 Å². The van der Waals surface area contributed by atoms with E-state index in [1.165, 1.54) is 6.92 Å². The summed E-state index contributed by atoms with van der Waals surface area (Å²) in [5, 5.41) is 18.5. The number of fused-ring (bicyclic) bond motifs is 1. The van der Waals surface area contributed by atoms with Crippen molar-refractivity contribution in [3.05, 3.63) is 71.9 Å². The molecule has 1 heterocycles. The average molecular weight is 536 g/mol. The van der Waals surface area contributed by atoms with Crippen LogP contribution in [-0.4, -0.2) is 57.9 Å². The van der Waals surface area contributed by atoms with Crippen molar-refractivity contribution in [3.8, 4) is 0 Å². The topological polar surface area (TPSA) is 166 Å². The zero-order chi connectivity index (χ0) is 28.5. The number of benzene rings is 2. The number of nitrogens with two attached hydrogens (primary N) is 1. The van der Waals surface area contributed by atoms with Crippen molar-refractivity contribution in [1.82, 2.24) is 20.9 Å². The third kappa shape index (κ3) is 7.90. The van der Waals surface area contributed by atoms with E-state index < -0.39 is 47.9 Å². The summed E-state index contributed by atoms with van der Waals surface area (Å²) in [5.41, 5.74) is 8.61. The number of aromatic nitrogens is 1. The van der Waals surface area contributed by atoms with E-state index in [4.69, 9.17) is 5.73 Å². The van der Waals surface area contributed by atoms with E-state index in [-0.39, 0.29) is 12.3 Å². The molecule has 3 aromatic rings. The van der Waals surface area contributed by atoms with Crippen LogP contribution in [0, 0.1) is 5.92 Å². The highest BCUT2D eigenvalue weighted by molar-refractivity contribution is 5.94. The van der Waals surface area contributed by atoms with Crippen LogP contribution in [0.3, 0.4) is 0 Å². The summed E-state index contributed by atoms with van der Waals surface area (Å²) in [7, 11) is 0. The van der Waals surface area contributed by atoms with Crippen molar-refractivity contribution < 1.29 is 24.3 Å². The van der Waals surface area contributed by atoms with Crippen LogP contribution in [0.15, 0.2) is 60.8 Å². The molecule has 0 aliphatic carbocycles. The van der Waals surface area contributed by atoms with E-state index in [2.05, 4.69) is 20.9 Å². The third-order valence-electron chi connectivity index (χ3n) is 6.89. The number of rotatable bonds is 13. The van der Waals surface area contributed by atoms with E-state index in [0.717, 1.165) is 22.0 Å². The Morgan fingerprint density at radius 2 is 1.54 bits per heavy atom. The number of aromatic amines is 1. The quantitative estimate of drug-likeness (QED) is 0.195. The van der Waals surface area contributed by atoms with Gasteiger partial charge in [-0.1, -0.05) is 68.8 Å². The minimum absolute atomic E-state index is 0.0661. The molecule has 39 heavy (non-hydrogen) atoms. The Balaban J connectivity index is 1.61. The first-order chi connectivity index (χ1) is 18.6. The molecular weight excluding hydrogens is 498 g/mol. The maximum atomic E-state index is 13.1. The Morgan fingerprint density at radius 3 is 2.21 bits per heavy atom. The lowest BCUT2D eigenvalue weighted by Gasteiger charge is -2.27. The number of para-hydroxylation sites is 1. The van der Waals surface area contributed by atoms with Crippen LogP contribution in [-0.2, 0) is 32.0 Å². The standard InChI is InChI=1S/C29H37N5O5/c1-4-17(2)25(34-27(36)22(30)14-19-10-6-5-7-11-19)28(37)32-18(3)26(35)33-24(29(38)39)15-20-16-31-23-13-9-8-12-21(20)23/h5-13,16-18,22,24-25,31H,4,14-15,30H2,1-3H3,(H,32,37)(H,33,35)(H,34,36)(H,38,39). The van der Waals surface area contributed by atoms with Gasteiger partial charge in [-0.05, 0) is 36.5 Å². The molecular formula is C29H37N5O5. The van der Waals surface area contributed by atoms with Crippen molar-refractivity contribution in [3.63, 3.8) is 0 Å². The van der Waals surface area contributed by atoms with Gasteiger partial charge in [0.1, 0.15) is 18.1 Å². The Bertz CT molecular complexity index is 1290. The first-order valence-electron chi connectivity index (χ1n) is 13.1. The molecule has 0 bridgehead atoms. The fraction of sp³-hybridized carbons (Fsp3) is 0.379. The van der Waals surface area contributed by atoms with Crippen LogP contribution in [0.1, 0.15) is 38.3 Å². The Hall–Kier alpha value is -4.18. The van der Waals surface area contributed by atoms with Gasteiger partial charge in [-0.3, -0.25) is 14.4 Å². The van der Waals surface area contributed by atoms with Gasteiger partial charge in [0.05, 0.1) is 6.04 Å². The van der Waals surface area contributed by atoms with Gasteiger partial charge >= 0.3 is 5.97 Å². The maximum absolute atomic E-state index is 13.1. The van der Waals surface area contributed by atoms with Gasteiger partial charge in [0.25, 0.3) is 0 Å². The van der Waals surface area contributed by atoms with Crippen LogP contribution in [0.25, 0.3) is 10.9 Å². The smallest absolute Gasteiger partial charge is 0.326 e. The molecule has 0 spiro atoms. The molecule has 3 amide bonds. The van der Waals surface area contributed by atoms with Crippen LogP contribution < -0.4 is 21.7 Å². The highest BCUT2D eigenvalue weighted by Crippen LogP contribution is 2.19. The number of aliphatic carboxylic acids is 1. The summed E-state index contributed by atoms with van der Waals surface area (Å²) in [4.78, 5) is 53.8. The summed E-state index contributed by atoms with van der Waals surface area (Å²) in [6.45, 7) is 5.17. The number of amides is 3. The van der Waals surface area contributed by atoms with Crippen molar-refractivity contribution >= 4 is 34.6 Å². The molecule has 0 fully saturated rings. The van der Waals surface area contributed by atoms with Gasteiger partial charge in [0.15, 0.2) is 0 Å². The molecule has 1 aromatic heterocycles. The highest BCUT2D eigenvalue weighted by Gasteiger charge is 2.31. The van der Waals surface area contributed by atoms with Gasteiger partial charge in [0, 0.05) is 23.5 Å². The van der Waals surface area contributed by atoms with Crippen molar-refractivity contribution in [2.75, 3.05) is 0 Å². The van der Waals surface area contributed by atoms with Gasteiger partial charge in [-0.15, -0.1) is 0 Å². The second-order valence-corrected chi connectivity index (χ2v) is 9.86. The summed E-state index contributed by atoms with van der Waals surface area (Å²) < 4.78 is 0. The van der Waals surface area contributed by atoms with E-state index in [1.54, 1.807) is 6.20 Å². The SMILES string of the molecule is CCC(C)C(NC(=O)C(N)Cc1ccccc1)C(=O)NC(C)C(=O)NC(Cc1c[nH]c2ccccc12)C(=O)O. The van der Waals surface area contributed by atoms with Crippen LogP contribution in [0.4, 0.5) is 0 Å². The molecule has 0 saturated carbocycles. The molecule has 10 nitrogen and oxygen atoms in total. The number of hydrogen-bond acceptors (Lipinski definition) is 5. The minimum atomic E-state index is -1.20. The van der Waals surface area contributed by atoms with E-state index in [0.29, 0.717) is 12.8 Å². The lowest BCUT2D eigenvalue weighted by atomic mass is 9.97. The number of hydrogen-bond donors (Lipinski definition) is 6. The first-order valence-corrected chi connectivity index (χ1v) is 13.1. The minimum Gasteiger partial charge on any atom is -0.480 e. The largest absolute Gasteiger partial charge is 0.480 e. The fourth-order valence-corrected chi connectivity index (χ4v) is 4.31. The van der Waals surface area contributed by atoms with Crippen LogP contribution >= 0.6 is 0 Å². The van der Waals surface area contributed by atoms with E-state index in [1.807, 2.05) is 68.4 Å². The third-order valence-corrected chi connectivity index (χ3v) is 6.89. The number of carboxylic acid groups (broad SMARTS) is 1. The highest BCUT2D eigenvalue weighted by atomic mass is 16.4. The van der Waals surface area contributed by atoms with Crippen LogP contribution in [0.5, 0.6) is 0 Å². The second-order valence-electron chi connectivity index (χ2n) is 9.86. The van der Waals surface area contributed by atoms with Gasteiger partial charge in [-0.2, -0.15) is 0 Å². The first kappa shape index (κ1) is 29.4. The second kappa shape index (κ2) is 13.6. The number of nitrogens with one attached hydrogen (secondary N) is 4. The number of carbonyl (C=O) groups is 4. The molecule has 0 aliphatic rings. The molecule has 0 aliphatic heterocycles. The summed E-state index contributed by atoms with van der Waals surface area (Å²) in [6, 6.07) is 12.8. The van der Waals surface area contributed by atoms with Crippen molar-refractivity contribution in [2.45, 2.75) is 64.2 Å². The summed E-state index contributed by atoms with van der Waals surface area (Å²) in [6.07, 6.45) is 2.70. The summed E-state index contributed by atoms with van der Waals surface area (Å²) in [5.74, 6) is -3.09. The Kier molecular flexibility index (Phi) is 10.2. The molecule has 0 radical (unpaired) electrons. The molecule has 2 aromatic carbocycles. The van der Waals surface area contributed by atoms with Gasteiger partial charge in [0.2, 0.25) is 17.7 Å². The number of carboxylic acids is 1. The van der Waals surface area contributed by atoms with Crippen molar-refractivity contribution in [1.29, 1.82) is 0 Å². The zero-order valence-electron chi connectivity index (χ0n) is 22.4. The maximum Gasteiger partial charge on any atom is 0.326 e. The number of H-pyrrole nitrogens is 1. The normalized spacial score (nSPS) is 15.0. The molecule has 3 rings (SSSR count). The fourth-order valence-electron chi connectivity index (χ4n) is 4.31. The predicted octanol–water partition coefficient (Wildman–Crippen LogP) is 1.89. The molecule has 5 unspecified atom stereocenters.